The predicted octanol–water partition coefficient (Wildman–Crippen LogP) is 5.34. The van der Waals surface area contributed by atoms with Crippen LogP contribution in [-0.4, -0.2) is 32.9 Å². The third-order valence-electron chi connectivity index (χ3n) is 5.91. The number of hydrogen-bond acceptors (Lipinski definition) is 5. The van der Waals surface area contributed by atoms with Crippen LogP contribution < -0.4 is 19.7 Å². The number of aryl methyl sites for hydroxylation is 2. The summed E-state index contributed by atoms with van der Waals surface area (Å²) < 4.78 is 16.4. The van der Waals surface area contributed by atoms with E-state index < -0.39 is 0 Å². The molecule has 0 aromatic heterocycles. The fraction of sp³-hybridized carbons (Fsp3) is 0.321. The number of carbonyl (C=O) groups excluding carboxylic acids is 1. The van der Waals surface area contributed by atoms with Crippen molar-refractivity contribution in [3.05, 3.63) is 83.4 Å². The van der Waals surface area contributed by atoms with Gasteiger partial charge < -0.3 is 24.4 Å². The molecule has 1 aliphatic heterocycles. The first-order valence-corrected chi connectivity index (χ1v) is 11.7. The van der Waals surface area contributed by atoms with Crippen LogP contribution in [0.1, 0.15) is 29.5 Å². The number of methoxy groups -OCH3 is 1. The van der Waals surface area contributed by atoms with Crippen LogP contribution in [0.2, 0.25) is 0 Å². The number of fused-ring (bicyclic) bond motifs is 1. The van der Waals surface area contributed by atoms with Gasteiger partial charge in [0.05, 0.1) is 6.54 Å². The minimum absolute atomic E-state index is 0.0362. The highest BCUT2D eigenvalue weighted by atomic mass is 16.7. The number of benzene rings is 3. The number of ether oxygens (including phenoxy) is 3. The van der Waals surface area contributed by atoms with E-state index in [-0.39, 0.29) is 12.7 Å². The Morgan fingerprint density at radius 3 is 2.56 bits per heavy atom. The van der Waals surface area contributed by atoms with E-state index in [0.29, 0.717) is 18.9 Å². The van der Waals surface area contributed by atoms with E-state index in [1.165, 1.54) is 5.56 Å². The molecule has 1 heterocycles. The number of rotatable bonds is 9. The molecule has 178 valence electrons. The number of anilines is 2. The molecule has 1 N–H and O–H groups in total. The largest absolute Gasteiger partial charge is 0.489 e. The van der Waals surface area contributed by atoms with Gasteiger partial charge in [-0.1, -0.05) is 30.3 Å². The Kier molecular flexibility index (Phi) is 8.04. The normalized spacial score (nSPS) is 13.1. The van der Waals surface area contributed by atoms with Crippen LogP contribution >= 0.6 is 0 Å². The molecule has 0 spiro atoms. The highest BCUT2D eigenvalue weighted by Crippen LogP contribution is 2.30. The summed E-state index contributed by atoms with van der Waals surface area (Å²) in [5.41, 5.74) is 5.21. The van der Waals surface area contributed by atoms with Crippen molar-refractivity contribution in [1.82, 2.24) is 0 Å². The van der Waals surface area contributed by atoms with Gasteiger partial charge in [0, 0.05) is 25.0 Å². The average molecular weight is 461 g/mol. The van der Waals surface area contributed by atoms with Crippen LogP contribution in [-0.2, 0) is 22.6 Å². The lowest BCUT2D eigenvalue weighted by molar-refractivity contribution is -0.115. The lowest BCUT2D eigenvalue weighted by Gasteiger charge is -2.25. The molecule has 0 aliphatic carbocycles. The topological polar surface area (TPSA) is 60.0 Å². The molecular weight excluding hydrogens is 428 g/mol. The summed E-state index contributed by atoms with van der Waals surface area (Å²) in [5, 5.41) is 3.05. The van der Waals surface area contributed by atoms with Gasteiger partial charge in [0.2, 0.25) is 5.91 Å². The van der Waals surface area contributed by atoms with Crippen molar-refractivity contribution in [1.29, 1.82) is 0 Å². The van der Waals surface area contributed by atoms with Gasteiger partial charge >= 0.3 is 0 Å². The molecule has 6 nitrogen and oxygen atoms in total. The van der Waals surface area contributed by atoms with Crippen molar-refractivity contribution in [3.63, 3.8) is 0 Å². The molecule has 0 saturated heterocycles. The fourth-order valence-corrected chi connectivity index (χ4v) is 4.16. The summed E-state index contributed by atoms with van der Waals surface area (Å²) in [6.07, 6.45) is 3.13. The van der Waals surface area contributed by atoms with Crippen molar-refractivity contribution in [2.75, 3.05) is 37.2 Å². The quantitative estimate of drug-likeness (QED) is 0.437. The molecular formula is C28H32N2O4. The zero-order chi connectivity index (χ0) is 23.8. The number of carbonyl (C=O) groups is 1. The third kappa shape index (κ3) is 6.29. The molecule has 0 fully saturated rings. The van der Waals surface area contributed by atoms with E-state index in [2.05, 4.69) is 34.5 Å². The van der Waals surface area contributed by atoms with Crippen LogP contribution in [0.4, 0.5) is 11.4 Å². The molecule has 0 saturated carbocycles. The molecule has 34 heavy (non-hydrogen) atoms. The molecule has 4 rings (SSSR count). The number of nitrogens with zero attached hydrogens (tertiary/aromatic N) is 1. The maximum absolute atomic E-state index is 12.9. The molecule has 0 atom stereocenters. The molecule has 1 aliphatic rings. The van der Waals surface area contributed by atoms with Gasteiger partial charge in [0.15, 0.2) is 6.79 Å². The molecule has 0 radical (unpaired) electrons. The van der Waals surface area contributed by atoms with Crippen LogP contribution in [0, 0.1) is 6.92 Å². The van der Waals surface area contributed by atoms with Gasteiger partial charge in [-0.05, 0) is 79.3 Å². The zero-order valence-electron chi connectivity index (χ0n) is 19.9. The second-order valence-electron chi connectivity index (χ2n) is 8.52. The monoisotopic (exact) mass is 460 g/mol. The molecule has 3 aromatic rings. The minimum Gasteiger partial charge on any atom is -0.489 e. The van der Waals surface area contributed by atoms with Gasteiger partial charge in [-0.15, -0.1) is 0 Å². The average Bonchev–Trinajstić information content (AvgIpc) is 3.05. The number of nitrogens with one attached hydrogen (secondary N) is 1. The van der Waals surface area contributed by atoms with Crippen molar-refractivity contribution in [2.24, 2.45) is 0 Å². The zero-order valence-corrected chi connectivity index (χ0v) is 19.9. The minimum atomic E-state index is -0.0362. The van der Waals surface area contributed by atoms with Gasteiger partial charge in [0.25, 0.3) is 0 Å². The number of amides is 1. The van der Waals surface area contributed by atoms with Crippen molar-refractivity contribution in [2.45, 2.75) is 32.8 Å². The van der Waals surface area contributed by atoms with Crippen LogP contribution in [0.15, 0.2) is 66.7 Å². The van der Waals surface area contributed by atoms with Gasteiger partial charge in [-0.3, -0.25) is 4.79 Å². The lowest BCUT2D eigenvalue weighted by Crippen LogP contribution is -2.34. The Balaban J connectivity index is 1.40. The second-order valence-corrected chi connectivity index (χ2v) is 8.52. The highest BCUT2D eigenvalue weighted by Gasteiger charge is 2.19. The van der Waals surface area contributed by atoms with E-state index in [4.69, 9.17) is 14.2 Å². The highest BCUT2D eigenvalue weighted by molar-refractivity contribution is 5.95. The summed E-state index contributed by atoms with van der Waals surface area (Å²) in [4.78, 5) is 15.1. The van der Waals surface area contributed by atoms with Crippen LogP contribution in [0.5, 0.6) is 11.5 Å². The fourth-order valence-electron chi connectivity index (χ4n) is 4.16. The number of hydrogen-bond donors (Lipinski definition) is 1. The van der Waals surface area contributed by atoms with Crippen LogP contribution in [0.25, 0.3) is 0 Å². The Morgan fingerprint density at radius 2 is 1.76 bits per heavy atom. The SMILES string of the molecule is COCOc1ccc(NC(=O)CN2CCCCc3cc(OCc4ccccc4)ccc32)c(C)c1. The Bertz CT molecular complexity index is 1100. The summed E-state index contributed by atoms with van der Waals surface area (Å²) in [7, 11) is 1.58. The Morgan fingerprint density at radius 1 is 0.971 bits per heavy atom. The lowest BCUT2D eigenvalue weighted by atomic mass is 10.1. The van der Waals surface area contributed by atoms with Crippen LogP contribution in [0.3, 0.4) is 0 Å². The first kappa shape index (κ1) is 23.6. The van der Waals surface area contributed by atoms with E-state index in [1.807, 2.05) is 49.4 Å². The molecule has 3 aromatic carbocycles. The molecule has 0 unspecified atom stereocenters. The smallest absolute Gasteiger partial charge is 0.243 e. The van der Waals surface area contributed by atoms with Crippen molar-refractivity contribution in [3.8, 4) is 11.5 Å². The molecule has 0 bridgehead atoms. The molecule has 6 heteroatoms. The Hall–Kier alpha value is -3.51. The van der Waals surface area contributed by atoms with Gasteiger partial charge in [-0.2, -0.15) is 0 Å². The second kappa shape index (κ2) is 11.6. The first-order chi connectivity index (χ1) is 16.6. The first-order valence-electron chi connectivity index (χ1n) is 11.7. The van der Waals surface area contributed by atoms with E-state index in [1.54, 1.807) is 7.11 Å². The third-order valence-corrected chi connectivity index (χ3v) is 5.91. The van der Waals surface area contributed by atoms with E-state index in [0.717, 1.165) is 54.1 Å². The maximum Gasteiger partial charge on any atom is 0.243 e. The summed E-state index contributed by atoms with van der Waals surface area (Å²) >= 11 is 0. The van der Waals surface area contributed by atoms with Gasteiger partial charge in [0.1, 0.15) is 18.1 Å². The van der Waals surface area contributed by atoms with Crippen molar-refractivity contribution < 1.29 is 19.0 Å². The predicted molar refractivity (Wildman–Crippen MR) is 135 cm³/mol. The Labute approximate surface area is 201 Å². The molecule has 1 amide bonds. The van der Waals surface area contributed by atoms with Crippen molar-refractivity contribution >= 4 is 17.3 Å². The van der Waals surface area contributed by atoms with Gasteiger partial charge in [-0.25, -0.2) is 0 Å². The van der Waals surface area contributed by atoms with E-state index >= 15 is 0 Å². The van der Waals surface area contributed by atoms with E-state index in [9.17, 15) is 4.79 Å². The summed E-state index contributed by atoms with van der Waals surface area (Å²) in [5.74, 6) is 1.54. The summed E-state index contributed by atoms with van der Waals surface area (Å²) in [6.45, 7) is 3.85. The maximum atomic E-state index is 12.9. The summed E-state index contributed by atoms with van der Waals surface area (Å²) in [6, 6.07) is 22.0. The standard InChI is InChI=1S/C28H32N2O4/c1-21-16-24(34-20-32-2)11-13-26(21)29-28(31)18-30-15-7-6-10-23-17-25(12-14-27(23)30)33-19-22-8-4-3-5-9-22/h3-5,8-9,11-14,16-17H,6-7,10,15,18-20H2,1-2H3,(H,29,31).